The molecule has 0 heterocycles. The second-order valence-corrected chi connectivity index (χ2v) is 5.97. The number of carbonyl (C=O) groups is 2. The van der Waals surface area contributed by atoms with Gasteiger partial charge in [-0.3, -0.25) is 4.90 Å². The fourth-order valence-electron chi connectivity index (χ4n) is 1.03. The van der Waals surface area contributed by atoms with Crippen molar-refractivity contribution in [2.75, 3.05) is 13.2 Å². The maximum Gasteiger partial charge on any atom is 0.410 e. The van der Waals surface area contributed by atoms with Crippen molar-refractivity contribution in [3.05, 3.63) is 12.7 Å². The summed E-state index contributed by atoms with van der Waals surface area (Å²) < 4.78 is 3.00. The minimum atomic E-state index is -1.73. The van der Waals surface area contributed by atoms with Gasteiger partial charge in [0.25, 0.3) is 0 Å². The third-order valence-corrected chi connectivity index (χ3v) is 2.32. The molecule has 0 saturated heterocycles. The molecule has 1 amide bonds. The summed E-state index contributed by atoms with van der Waals surface area (Å²) in [5, 5.41) is 8.88. The van der Waals surface area contributed by atoms with E-state index < -0.39 is 28.5 Å². The monoisotopic (exact) mass is 317 g/mol. The average molecular weight is 319 g/mol. The van der Waals surface area contributed by atoms with E-state index in [1.54, 1.807) is 6.08 Å². The molecule has 8 heteroatoms. The average Bonchev–Trinajstić information content (AvgIpc) is 2.25. The van der Waals surface area contributed by atoms with Crippen molar-refractivity contribution in [3.8, 4) is 0 Å². The summed E-state index contributed by atoms with van der Waals surface area (Å²) in [6.45, 7) is 4.57. The van der Waals surface area contributed by atoms with Crippen LogP contribution < -0.4 is 0 Å². The molecule has 0 bridgehead atoms. The van der Waals surface area contributed by atoms with Crippen LogP contribution in [0.15, 0.2) is 12.7 Å². The number of alkyl halides is 3. The van der Waals surface area contributed by atoms with Crippen molar-refractivity contribution in [3.63, 3.8) is 0 Å². The maximum absolute atomic E-state index is 11.7. The number of hydrogen-bond acceptors (Lipinski definition) is 3. The second-order valence-electron chi connectivity index (χ2n) is 3.45. The molecule has 0 rings (SSSR count). The molecule has 0 unspecified atom stereocenters. The highest BCUT2D eigenvalue weighted by Crippen LogP contribution is 2.26. The molecular formula is C10H14Cl3NO4. The van der Waals surface area contributed by atoms with Crippen molar-refractivity contribution < 1.29 is 19.4 Å². The van der Waals surface area contributed by atoms with Crippen LogP contribution in [0.3, 0.4) is 0 Å². The van der Waals surface area contributed by atoms with E-state index in [1.165, 1.54) is 6.92 Å². The summed E-state index contributed by atoms with van der Waals surface area (Å²) in [7, 11) is 0. The van der Waals surface area contributed by atoms with E-state index >= 15 is 0 Å². The van der Waals surface area contributed by atoms with Crippen LogP contribution in [0.5, 0.6) is 0 Å². The van der Waals surface area contributed by atoms with Crippen LogP contribution in [-0.4, -0.2) is 45.1 Å². The van der Waals surface area contributed by atoms with Gasteiger partial charge in [-0.05, 0) is 13.3 Å². The van der Waals surface area contributed by atoms with Crippen molar-refractivity contribution in [2.24, 2.45) is 0 Å². The van der Waals surface area contributed by atoms with E-state index in [0.717, 1.165) is 4.90 Å². The Morgan fingerprint density at radius 2 is 2.06 bits per heavy atom. The lowest BCUT2D eigenvalue weighted by atomic mass is 10.2. The second kappa shape index (κ2) is 7.71. The molecule has 0 aliphatic rings. The maximum atomic E-state index is 11.7. The molecule has 18 heavy (non-hydrogen) atoms. The highest BCUT2D eigenvalue weighted by molar-refractivity contribution is 6.67. The number of nitrogens with zero attached hydrogens (tertiary/aromatic N) is 1. The van der Waals surface area contributed by atoms with E-state index in [1.807, 2.05) is 0 Å². The smallest absolute Gasteiger partial charge is 0.410 e. The summed E-state index contributed by atoms with van der Waals surface area (Å²) in [6, 6.07) is -1.03. The topological polar surface area (TPSA) is 66.8 Å². The first-order valence-corrected chi connectivity index (χ1v) is 6.16. The highest BCUT2D eigenvalue weighted by Gasteiger charge is 2.29. The first-order valence-electron chi connectivity index (χ1n) is 5.03. The molecule has 104 valence electrons. The quantitative estimate of drug-likeness (QED) is 0.604. The lowest BCUT2D eigenvalue weighted by Gasteiger charge is -2.26. The van der Waals surface area contributed by atoms with Crippen LogP contribution >= 0.6 is 34.8 Å². The molecule has 0 fully saturated rings. The molecule has 0 aliphatic heterocycles. The molecule has 0 radical (unpaired) electrons. The van der Waals surface area contributed by atoms with E-state index in [4.69, 9.17) is 44.6 Å². The predicted octanol–water partition coefficient (Wildman–Crippen LogP) is 2.84. The molecule has 0 aliphatic carbocycles. The van der Waals surface area contributed by atoms with Gasteiger partial charge in [-0.25, -0.2) is 9.59 Å². The SMILES string of the molecule is C=CCCN(C(=O)OCC(Cl)(Cl)Cl)[C@@H](C)C(=O)O. The molecular weight excluding hydrogens is 304 g/mol. The zero-order valence-corrected chi connectivity index (χ0v) is 12.0. The van der Waals surface area contributed by atoms with Crippen LogP contribution in [0.4, 0.5) is 4.79 Å². The van der Waals surface area contributed by atoms with Gasteiger partial charge in [0.05, 0.1) is 0 Å². The van der Waals surface area contributed by atoms with Gasteiger partial charge in [-0.15, -0.1) is 6.58 Å². The summed E-state index contributed by atoms with van der Waals surface area (Å²) in [5.74, 6) is -1.15. The first-order chi connectivity index (χ1) is 8.19. The van der Waals surface area contributed by atoms with Gasteiger partial charge in [-0.2, -0.15) is 0 Å². The van der Waals surface area contributed by atoms with Crippen LogP contribution in [0.1, 0.15) is 13.3 Å². The molecule has 5 nitrogen and oxygen atoms in total. The Bertz CT molecular complexity index is 317. The Morgan fingerprint density at radius 1 is 1.50 bits per heavy atom. The summed E-state index contributed by atoms with van der Waals surface area (Å²) in [4.78, 5) is 23.6. The number of rotatable bonds is 6. The Hall–Kier alpha value is -0.650. The van der Waals surface area contributed by atoms with Crippen LogP contribution in [0.2, 0.25) is 0 Å². The van der Waals surface area contributed by atoms with Gasteiger partial charge >= 0.3 is 12.1 Å². The zero-order valence-electron chi connectivity index (χ0n) is 9.74. The van der Waals surface area contributed by atoms with Gasteiger partial charge in [-0.1, -0.05) is 40.9 Å². The van der Waals surface area contributed by atoms with Crippen LogP contribution in [0, 0.1) is 0 Å². The number of halogens is 3. The predicted molar refractivity (Wildman–Crippen MR) is 70.3 cm³/mol. The fourth-order valence-corrected chi connectivity index (χ4v) is 1.20. The van der Waals surface area contributed by atoms with E-state index in [0.29, 0.717) is 6.42 Å². The minimum Gasteiger partial charge on any atom is -0.480 e. The van der Waals surface area contributed by atoms with E-state index in [2.05, 4.69) is 6.58 Å². The van der Waals surface area contributed by atoms with Gasteiger partial charge in [0, 0.05) is 6.54 Å². The number of carbonyl (C=O) groups excluding carboxylic acids is 1. The summed E-state index contributed by atoms with van der Waals surface area (Å²) >= 11 is 16.3. The molecule has 0 spiro atoms. The summed E-state index contributed by atoms with van der Waals surface area (Å²) in [5.41, 5.74) is 0. The molecule has 0 saturated carbocycles. The van der Waals surface area contributed by atoms with Crippen molar-refractivity contribution in [2.45, 2.75) is 23.2 Å². The fraction of sp³-hybridized carbons (Fsp3) is 0.600. The van der Waals surface area contributed by atoms with Gasteiger partial charge < -0.3 is 9.84 Å². The molecule has 1 N–H and O–H groups in total. The van der Waals surface area contributed by atoms with E-state index in [9.17, 15) is 9.59 Å². The molecule has 0 aromatic heterocycles. The lowest BCUT2D eigenvalue weighted by Crippen LogP contribution is -2.44. The Balaban J connectivity index is 4.59. The Morgan fingerprint density at radius 3 is 2.44 bits per heavy atom. The summed E-state index contributed by atoms with van der Waals surface area (Å²) in [6.07, 6.45) is 1.14. The number of carboxylic acid groups (broad SMARTS) is 1. The number of ether oxygens (including phenoxy) is 1. The van der Waals surface area contributed by atoms with Gasteiger partial charge in [0.1, 0.15) is 12.6 Å². The largest absolute Gasteiger partial charge is 0.480 e. The highest BCUT2D eigenvalue weighted by atomic mass is 35.6. The van der Waals surface area contributed by atoms with Gasteiger partial charge in [0.15, 0.2) is 0 Å². The first kappa shape index (κ1) is 17.4. The number of amides is 1. The van der Waals surface area contributed by atoms with Crippen LogP contribution in [0.25, 0.3) is 0 Å². The standard InChI is InChI=1S/C10H14Cl3NO4/c1-3-4-5-14(7(2)8(15)16)9(17)18-6-10(11,12)13/h3,7H,1,4-6H2,2H3,(H,15,16)/t7-/m0/s1. The number of carboxylic acids is 1. The lowest BCUT2D eigenvalue weighted by molar-refractivity contribution is -0.142. The normalized spacial score (nSPS) is 12.7. The van der Waals surface area contributed by atoms with Crippen molar-refractivity contribution >= 4 is 46.9 Å². The molecule has 0 aromatic rings. The number of aliphatic carboxylic acids is 1. The third kappa shape index (κ3) is 6.93. The molecule has 0 aromatic carbocycles. The third-order valence-electron chi connectivity index (χ3n) is 1.99. The van der Waals surface area contributed by atoms with Crippen molar-refractivity contribution in [1.82, 2.24) is 4.90 Å². The molecule has 1 atom stereocenters. The van der Waals surface area contributed by atoms with Crippen LogP contribution in [-0.2, 0) is 9.53 Å². The van der Waals surface area contributed by atoms with Gasteiger partial charge in [0.2, 0.25) is 3.79 Å². The minimum absolute atomic E-state index is 0.162. The van der Waals surface area contributed by atoms with E-state index in [-0.39, 0.29) is 6.54 Å². The van der Waals surface area contributed by atoms with Crippen molar-refractivity contribution in [1.29, 1.82) is 0 Å². The number of hydrogen-bond donors (Lipinski definition) is 1. The Kier molecular flexibility index (Phi) is 7.43. The Labute approximate surface area is 120 Å². The zero-order chi connectivity index (χ0) is 14.3.